The number of nitrogens with one attached hydrogen (secondary N) is 1. The van der Waals surface area contributed by atoms with Gasteiger partial charge in [0.15, 0.2) is 5.96 Å². The van der Waals surface area contributed by atoms with E-state index in [0.29, 0.717) is 5.96 Å². The van der Waals surface area contributed by atoms with Gasteiger partial charge in [-0.1, -0.05) is 0 Å². The summed E-state index contributed by atoms with van der Waals surface area (Å²) in [5.74, 6) is 0.589. The van der Waals surface area contributed by atoms with Crippen molar-refractivity contribution in [2.45, 2.75) is 6.42 Å². The van der Waals surface area contributed by atoms with Gasteiger partial charge >= 0.3 is 10.4 Å². The number of guanidine groups is 1. The summed E-state index contributed by atoms with van der Waals surface area (Å²) in [6.07, 6.45) is 1.11. The average Bonchev–Trinajstić information content (AvgIpc) is 1.85. The quantitative estimate of drug-likeness (QED) is 0.355. The molecule has 0 aromatic rings. The van der Waals surface area contributed by atoms with Gasteiger partial charge in [0.1, 0.15) is 0 Å². The highest BCUT2D eigenvalue weighted by atomic mass is 32.3. The van der Waals surface area contributed by atoms with Gasteiger partial charge in [-0.15, -0.1) is 0 Å². The maximum absolute atomic E-state index is 8.74. The standard InChI is InChI=1S/C4H9N3.H2O4S/c5-4-6-2-1-3-7-4;1-5(2,3)4/h1-3H2,(H3,5,6,7);(H2,1,2,3,4). The molecule has 8 heteroatoms. The van der Waals surface area contributed by atoms with Crippen molar-refractivity contribution in [3.8, 4) is 0 Å². The van der Waals surface area contributed by atoms with Gasteiger partial charge in [0.2, 0.25) is 0 Å². The summed E-state index contributed by atoms with van der Waals surface area (Å²) >= 11 is 0. The van der Waals surface area contributed by atoms with Crippen molar-refractivity contribution < 1.29 is 17.5 Å². The molecule has 1 aliphatic rings. The SMILES string of the molecule is NC1=NCCCN1.O=S(=O)(O)O. The van der Waals surface area contributed by atoms with E-state index in [1.54, 1.807) is 0 Å². The third-order valence-corrected chi connectivity index (χ3v) is 0.923. The minimum atomic E-state index is -4.67. The summed E-state index contributed by atoms with van der Waals surface area (Å²) in [5.41, 5.74) is 5.27. The topological polar surface area (TPSA) is 125 Å². The Hall–Kier alpha value is -0.860. The largest absolute Gasteiger partial charge is 0.394 e. The van der Waals surface area contributed by atoms with E-state index in [9.17, 15) is 0 Å². The van der Waals surface area contributed by atoms with Crippen LogP contribution < -0.4 is 11.1 Å². The Morgan fingerprint density at radius 2 is 2.00 bits per heavy atom. The molecule has 0 aliphatic carbocycles. The van der Waals surface area contributed by atoms with Crippen LogP contribution in [0, 0.1) is 0 Å². The zero-order valence-electron chi connectivity index (χ0n) is 6.27. The smallest absolute Gasteiger partial charge is 0.370 e. The molecule has 1 rings (SSSR count). The lowest BCUT2D eigenvalue weighted by atomic mass is 10.4. The molecule has 5 N–H and O–H groups in total. The molecule has 0 unspecified atom stereocenters. The van der Waals surface area contributed by atoms with Crippen LogP contribution in [0.25, 0.3) is 0 Å². The van der Waals surface area contributed by atoms with Gasteiger partial charge in [0.25, 0.3) is 0 Å². The number of nitrogens with zero attached hydrogens (tertiary/aromatic N) is 1. The van der Waals surface area contributed by atoms with E-state index < -0.39 is 10.4 Å². The van der Waals surface area contributed by atoms with Crippen molar-refractivity contribution in [1.29, 1.82) is 0 Å². The second-order valence-corrected chi connectivity index (χ2v) is 2.89. The Bertz CT molecular complexity index is 239. The first-order valence-corrected chi connectivity index (χ1v) is 4.53. The molecular weight excluding hydrogens is 186 g/mol. The van der Waals surface area contributed by atoms with Crippen molar-refractivity contribution in [1.82, 2.24) is 5.32 Å². The normalized spacial score (nSPS) is 16.7. The van der Waals surface area contributed by atoms with Gasteiger partial charge in [0, 0.05) is 13.1 Å². The van der Waals surface area contributed by atoms with Gasteiger partial charge in [-0.25, -0.2) is 0 Å². The Labute approximate surface area is 70.3 Å². The van der Waals surface area contributed by atoms with Gasteiger partial charge in [-0.2, -0.15) is 8.42 Å². The number of nitrogens with two attached hydrogens (primary N) is 1. The van der Waals surface area contributed by atoms with Crippen LogP contribution in [-0.2, 0) is 10.4 Å². The van der Waals surface area contributed by atoms with E-state index in [0.717, 1.165) is 19.5 Å². The molecule has 0 bridgehead atoms. The highest BCUT2D eigenvalue weighted by Crippen LogP contribution is 1.83. The maximum atomic E-state index is 8.74. The molecule has 0 radical (unpaired) electrons. The average molecular weight is 197 g/mol. The first kappa shape index (κ1) is 11.1. The van der Waals surface area contributed by atoms with Gasteiger partial charge < -0.3 is 11.1 Å². The van der Waals surface area contributed by atoms with Crippen LogP contribution >= 0.6 is 0 Å². The molecule has 0 saturated heterocycles. The van der Waals surface area contributed by atoms with Crippen molar-refractivity contribution in [3.05, 3.63) is 0 Å². The molecule has 0 aromatic carbocycles. The summed E-state index contributed by atoms with van der Waals surface area (Å²) in [4.78, 5) is 3.91. The number of hydrogen-bond donors (Lipinski definition) is 4. The van der Waals surface area contributed by atoms with E-state index in [1.165, 1.54) is 0 Å². The molecule has 0 fully saturated rings. The molecule has 0 spiro atoms. The number of aliphatic imine (C=N–C) groups is 1. The monoisotopic (exact) mass is 197 g/mol. The first-order valence-electron chi connectivity index (χ1n) is 3.13. The molecular formula is C4H11N3O4S. The fraction of sp³-hybridized carbons (Fsp3) is 0.750. The molecule has 0 atom stereocenters. The predicted molar refractivity (Wildman–Crippen MR) is 43.3 cm³/mol. The summed E-state index contributed by atoms with van der Waals surface area (Å²) < 4.78 is 31.6. The highest BCUT2D eigenvalue weighted by Gasteiger charge is 1.94. The van der Waals surface area contributed by atoms with Crippen LogP contribution in [0.3, 0.4) is 0 Å². The van der Waals surface area contributed by atoms with Crippen molar-refractivity contribution >= 4 is 16.4 Å². The second kappa shape index (κ2) is 4.91. The highest BCUT2D eigenvalue weighted by molar-refractivity contribution is 7.79. The molecule has 0 amide bonds. The zero-order valence-corrected chi connectivity index (χ0v) is 7.08. The molecule has 1 heterocycles. The van der Waals surface area contributed by atoms with E-state index in [2.05, 4.69) is 10.3 Å². The van der Waals surface area contributed by atoms with Crippen LogP contribution in [0.1, 0.15) is 6.42 Å². The molecule has 0 saturated carbocycles. The first-order chi connectivity index (χ1) is 5.39. The summed E-state index contributed by atoms with van der Waals surface area (Å²) in [5, 5.41) is 2.91. The zero-order chi connectivity index (χ0) is 9.61. The molecule has 1 aliphatic heterocycles. The van der Waals surface area contributed by atoms with Crippen LogP contribution in [0.2, 0.25) is 0 Å². The maximum Gasteiger partial charge on any atom is 0.394 e. The fourth-order valence-corrected chi connectivity index (χ4v) is 0.551. The third kappa shape index (κ3) is 11.9. The number of rotatable bonds is 0. The van der Waals surface area contributed by atoms with E-state index >= 15 is 0 Å². The Balaban J connectivity index is 0.000000217. The molecule has 0 aromatic heterocycles. The van der Waals surface area contributed by atoms with E-state index in [1.807, 2.05) is 0 Å². The van der Waals surface area contributed by atoms with Crippen molar-refractivity contribution in [2.24, 2.45) is 10.7 Å². The predicted octanol–water partition coefficient (Wildman–Crippen LogP) is -1.36. The molecule has 12 heavy (non-hydrogen) atoms. The van der Waals surface area contributed by atoms with Crippen LogP contribution in [0.4, 0.5) is 0 Å². The fourth-order valence-electron chi connectivity index (χ4n) is 0.551. The summed E-state index contributed by atoms with van der Waals surface area (Å²) in [7, 11) is -4.67. The number of hydrogen-bond acceptors (Lipinski definition) is 5. The lowest BCUT2D eigenvalue weighted by Crippen LogP contribution is -2.35. The lowest BCUT2D eigenvalue weighted by molar-refractivity contribution is 0.381. The van der Waals surface area contributed by atoms with Crippen molar-refractivity contribution in [2.75, 3.05) is 13.1 Å². The Morgan fingerprint density at radius 3 is 2.17 bits per heavy atom. The third-order valence-electron chi connectivity index (χ3n) is 0.923. The van der Waals surface area contributed by atoms with Gasteiger partial charge in [-0.3, -0.25) is 14.1 Å². The molecule has 72 valence electrons. The Morgan fingerprint density at radius 1 is 1.50 bits per heavy atom. The van der Waals surface area contributed by atoms with Crippen molar-refractivity contribution in [3.63, 3.8) is 0 Å². The van der Waals surface area contributed by atoms with Gasteiger partial charge in [0.05, 0.1) is 0 Å². The Kier molecular flexibility index (Phi) is 4.55. The van der Waals surface area contributed by atoms with Crippen LogP contribution in [0.15, 0.2) is 4.99 Å². The van der Waals surface area contributed by atoms with E-state index in [-0.39, 0.29) is 0 Å². The summed E-state index contributed by atoms with van der Waals surface area (Å²) in [6.45, 7) is 1.87. The lowest BCUT2D eigenvalue weighted by Gasteiger charge is -2.08. The minimum Gasteiger partial charge on any atom is -0.370 e. The molecule has 7 nitrogen and oxygen atoms in total. The minimum absolute atomic E-state index is 0.589. The van der Waals surface area contributed by atoms with Crippen LogP contribution in [-0.4, -0.2) is 36.6 Å². The summed E-state index contributed by atoms with van der Waals surface area (Å²) in [6, 6.07) is 0. The van der Waals surface area contributed by atoms with Crippen LogP contribution in [0.5, 0.6) is 0 Å². The van der Waals surface area contributed by atoms with E-state index in [4.69, 9.17) is 23.3 Å². The van der Waals surface area contributed by atoms with Gasteiger partial charge in [-0.05, 0) is 6.42 Å². The second-order valence-electron chi connectivity index (χ2n) is 2.00.